The Balaban J connectivity index is 2.46. The molecule has 0 spiro atoms. The van der Waals surface area contributed by atoms with Crippen LogP contribution in [0.25, 0.3) is 0 Å². The zero-order chi connectivity index (χ0) is 17.1. The topological polar surface area (TPSA) is 51.2 Å². The molecule has 23 heavy (non-hydrogen) atoms. The Morgan fingerprint density at radius 2 is 1.39 bits per heavy atom. The fourth-order valence-corrected chi connectivity index (χ4v) is 7.59. The molecule has 2 rings (SSSR count). The van der Waals surface area contributed by atoms with Gasteiger partial charge >= 0.3 is 142 Å². The average Bonchev–Trinajstić information content (AvgIpc) is 2.52. The quantitative estimate of drug-likeness (QED) is 0.392. The summed E-state index contributed by atoms with van der Waals surface area (Å²) in [5.74, 6) is -1.01. The van der Waals surface area contributed by atoms with Crippen LogP contribution in [-0.4, -0.2) is 23.0 Å². The molecule has 3 nitrogen and oxygen atoms in total. The summed E-state index contributed by atoms with van der Waals surface area (Å²) < 4.78 is 60.9. The van der Waals surface area contributed by atoms with Gasteiger partial charge in [0.25, 0.3) is 0 Å². The van der Waals surface area contributed by atoms with Crippen molar-refractivity contribution >= 4 is 36.8 Å². The van der Waals surface area contributed by atoms with Gasteiger partial charge < -0.3 is 0 Å². The number of Topliss-reactive ketones (excluding diaryl/α,β-unsaturated/α-hetero) is 1. The van der Waals surface area contributed by atoms with Gasteiger partial charge in [0.15, 0.2) is 0 Å². The fourth-order valence-electron chi connectivity index (χ4n) is 1.74. The van der Waals surface area contributed by atoms with Crippen molar-refractivity contribution in [2.45, 2.75) is 8.76 Å². The van der Waals surface area contributed by atoms with Crippen molar-refractivity contribution < 1.29 is 26.4 Å². The van der Waals surface area contributed by atoms with E-state index in [2.05, 4.69) is 0 Å². The minimum absolute atomic E-state index is 0.0358. The van der Waals surface area contributed by atoms with E-state index < -0.39 is 45.6 Å². The standard InChI is InChI=1S/C15H12F3IO3S/c16-15(17,18)23(21,22)14(19-12-9-5-2-6-10-12)13(20)11-7-3-1-4-8-11/h1-10,14,19H. The first-order valence-corrected chi connectivity index (χ1v) is 10.4. The number of halogens is 4. The van der Waals surface area contributed by atoms with Crippen LogP contribution in [0.4, 0.5) is 13.2 Å². The first kappa shape index (κ1) is 17.9. The Kier molecular flexibility index (Phi) is 5.45. The van der Waals surface area contributed by atoms with Gasteiger partial charge in [0, 0.05) is 0 Å². The summed E-state index contributed by atoms with van der Waals surface area (Å²) in [5, 5.41) is 0. The Morgan fingerprint density at radius 3 is 1.87 bits per heavy atom. The number of sulfone groups is 1. The summed E-state index contributed by atoms with van der Waals surface area (Å²) >= 11 is -1.93. The number of carbonyl (C=O) groups is 1. The van der Waals surface area contributed by atoms with E-state index in [4.69, 9.17) is 0 Å². The van der Waals surface area contributed by atoms with Crippen molar-refractivity contribution in [3.05, 3.63) is 69.8 Å². The van der Waals surface area contributed by atoms with Crippen LogP contribution in [0.3, 0.4) is 0 Å². The van der Waals surface area contributed by atoms with Gasteiger partial charge in [-0.1, -0.05) is 0 Å². The molecule has 1 unspecified atom stereocenters. The maximum absolute atomic E-state index is 12.9. The summed E-state index contributed by atoms with van der Waals surface area (Å²) in [6.07, 6.45) is 0. The molecular weight excluding hydrogens is 444 g/mol. The molecular formula is C15H12F3IO3S. The van der Waals surface area contributed by atoms with E-state index in [1.165, 1.54) is 24.3 Å². The SMILES string of the molecule is O=C(c1ccccc1)C([IH]c1ccccc1)S(=O)(=O)C(F)(F)F. The van der Waals surface area contributed by atoms with Crippen LogP contribution in [0.5, 0.6) is 0 Å². The summed E-state index contributed by atoms with van der Waals surface area (Å²) in [4.78, 5) is 12.4. The predicted octanol–water partition coefficient (Wildman–Crippen LogP) is 3.70. The maximum atomic E-state index is 12.9. The van der Waals surface area contributed by atoms with Crippen LogP contribution in [0, 0.1) is 3.57 Å². The molecule has 0 aliphatic carbocycles. The van der Waals surface area contributed by atoms with E-state index in [9.17, 15) is 26.4 Å². The molecule has 0 N–H and O–H groups in total. The van der Waals surface area contributed by atoms with Crippen LogP contribution >= 0.6 is 21.2 Å². The summed E-state index contributed by atoms with van der Waals surface area (Å²) in [7, 11) is -5.58. The average molecular weight is 456 g/mol. The molecule has 0 saturated carbocycles. The first-order valence-electron chi connectivity index (χ1n) is 6.34. The number of benzene rings is 2. The second kappa shape index (κ2) is 7.00. The molecule has 2 aromatic carbocycles. The third-order valence-corrected chi connectivity index (χ3v) is 9.88. The molecule has 0 aromatic heterocycles. The minimum atomic E-state index is -5.58. The third kappa shape index (κ3) is 4.11. The molecule has 0 aliphatic heterocycles. The third-order valence-electron chi connectivity index (χ3n) is 2.86. The van der Waals surface area contributed by atoms with Gasteiger partial charge in [0.05, 0.1) is 0 Å². The van der Waals surface area contributed by atoms with Crippen LogP contribution in [0.15, 0.2) is 60.7 Å². The van der Waals surface area contributed by atoms with Gasteiger partial charge in [-0.2, -0.15) is 0 Å². The normalized spacial score (nSPS) is 13.7. The number of hydrogen-bond acceptors (Lipinski definition) is 3. The van der Waals surface area contributed by atoms with Crippen molar-refractivity contribution in [2.75, 3.05) is 0 Å². The zero-order valence-corrected chi connectivity index (χ0v) is 14.7. The Bertz CT molecular complexity index is 775. The molecule has 0 saturated heterocycles. The molecule has 0 bridgehead atoms. The number of carbonyl (C=O) groups excluding carboxylic acids is 1. The molecule has 124 valence electrons. The van der Waals surface area contributed by atoms with Crippen LogP contribution in [-0.2, 0) is 9.84 Å². The van der Waals surface area contributed by atoms with E-state index in [0.717, 1.165) is 0 Å². The number of hydrogen-bond donors (Lipinski definition) is 0. The first-order chi connectivity index (χ1) is 10.7. The van der Waals surface area contributed by atoms with Crippen molar-refractivity contribution in [1.82, 2.24) is 0 Å². The van der Waals surface area contributed by atoms with Crippen LogP contribution in [0.1, 0.15) is 10.4 Å². The Morgan fingerprint density at radius 1 is 0.913 bits per heavy atom. The Hall–Kier alpha value is -1.42. The van der Waals surface area contributed by atoms with E-state index in [1.54, 1.807) is 36.4 Å². The summed E-state index contributed by atoms with van der Waals surface area (Å²) in [6.45, 7) is 0. The molecule has 0 radical (unpaired) electrons. The molecule has 8 heteroatoms. The second-order valence-electron chi connectivity index (χ2n) is 4.48. The van der Waals surface area contributed by atoms with Gasteiger partial charge in [0.2, 0.25) is 0 Å². The monoisotopic (exact) mass is 456 g/mol. The summed E-state index contributed by atoms with van der Waals surface area (Å²) in [6, 6.07) is 15.1. The van der Waals surface area contributed by atoms with Crippen molar-refractivity contribution in [2.24, 2.45) is 0 Å². The summed E-state index contributed by atoms with van der Waals surface area (Å²) in [5.41, 5.74) is -5.49. The second-order valence-corrected chi connectivity index (χ2v) is 10.8. The molecule has 2 aromatic rings. The number of alkyl halides is 4. The molecule has 0 amide bonds. The van der Waals surface area contributed by atoms with Crippen LogP contribution < -0.4 is 0 Å². The zero-order valence-electron chi connectivity index (χ0n) is 11.5. The molecule has 0 fully saturated rings. The molecule has 1 atom stereocenters. The Labute approximate surface area is 141 Å². The van der Waals surface area contributed by atoms with Crippen LogP contribution in [0.2, 0.25) is 0 Å². The number of ketones is 1. The van der Waals surface area contributed by atoms with E-state index >= 15 is 0 Å². The van der Waals surface area contributed by atoms with Gasteiger partial charge in [-0.3, -0.25) is 0 Å². The van der Waals surface area contributed by atoms with Gasteiger partial charge in [-0.25, -0.2) is 0 Å². The number of rotatable bonds is 5. The van der Waals surface area contributed by atoms with Gasteiger partial charge in [-0.05, 0) is 0 Å². The van der Waals surface area contributed by atoms with Crippen molar-refractivity contribution in [3.63, 3.8) is 0 Å². The molecule has 0 heterocycles. The van der Waals surface area contributed by atoms with E-state index in [-0.39, 0.29) is 5.56 Å². The van der Waals surface area contributed by atoms with E-state index in [1.807, 2.05) is 0 Å². The van der Waals surface area contributed by atoms with Gasteiger partial charge in [-0.15, -0.1) is 0 Å². The van der Waals surface area contributed by atoms with E-state index in [0.29, 0.717) is 3.57 Å². The fraction of sp³-hybridized carbons (Fsp3) is 0.133. The van der Waals surface area contributed by atoms with Crippen molar-refractivity contribution in [1.29, 1.82) is 0 Å². The molecule has 0 aliphatic rings. The van der Waals surface area contributed by atoms with Gasteiger partial charge in [0.1, 0.15) is 0 Å². The predicted molar refractivity (Wildman–Crippen MR) is 90.1 cm³/mol. The van der Waals surface area contributed by atoms with Crippen molar-refractivity contribution in [3.8, 4) is 0 Å².